The van der Waals surface area contributed by atoms with Crippen LogP contribution in [-0.2, 0) is 0 Å². The van der Waals surface area contributed by atoms with Gasteiger partial charge in [0.15, 0.2) is 11.5 Å². The molecule has 0 bridgehead atoms. The zero-order valence-electron chi connectivity index (χ0n) is 11.4. The molecule has 22 heavy (non-hydrogen) atoms. The fraction of sp³-hybridized carbons (Fsp3) is 0. The minimum atomic E-state index is -0.599. The quantitative estimate of drug-likeness (QED) is 0.605. The van der Waals surface area contributed by atoms with Crippen LogP contribution in [0.4, 0.5) is 0 Å². The van der Waals surface area contributed by atoms with Crippen LogP contribution in [0.5, 0.6) is 0 Å². The Morgan fingerprint density at radius 3 is 2.86 bits per heavy atom. The molecule has 1 aromatic carbocycles. The zero-order valence-corrected chi connectivity index (χ0v) is 12.2. The number of fused-ring (bicyclic) bond motifs is 1. The van der Waals surface area contributed by atoms with Crippen LogP contribution in [0.3, 0.4) is 0 Å². The number of benzene rings is 1. The molecule has 0 spiro atoms. The Labute approximate surface area is 129 Å². The number of para-hydroxylation sites is 1. The van der Waals surface area contributed by atoms with Crippen molar-refractivity contribution in [3.05, 3.63) is 53.7 Å². The van der Waals surface area contributed by atoms with Gasteiger partial charge in [0.2, 0.25) is 5.89 Å². The summed E-state index contributed by atoms with van der Waals surface area (Å²) in [5, 5.41) is 2.89. The van der Waals surface area contributed by atoms with Gasteiger partial charge in [0.25, 0.3) is 5.91 Å². The molecule has 0 saturated heterocycles. The van der Waals surface area contributed by atoms with Crippen LogP contribution >= 0.6 is 11.3 Å². The van der Waals surface area contributed by atoms with Gasteiger partial charge in [-0.2, -0.15) is 0 Å². The van der Waals surface area contributed by atoms with Crippen LogP contribution < -0.4 is 5.73 Å². The number of hydrogen-bond acceptors (Lipinski definition) is 4. The van der Waals surface area contributed by atoms with Gasteiger partial charge in [0.1, 0.15) is 0 Å². The standard InChI is InChI=1S/C16H11N3O2S/c17-15(20)13-14(12-6-3-7-22-12)21-16(19-13)10-8-18-11-5-2-1-4-9(10)11/h1-8,18H,(H2,17,20). The van der Waals surface area contributed by atoms with Crippen molar-refractivity contribution in [2.75, 3.05) is 0 Å². The Morgan fingerprint density at radius 2 is 2.09 bits per heavy atom. The molecule has 4 rings (SSSR count). The maximum absolute atomic E-state index is 11.7. The largest absolute Gasteiger partial charge is 0.434 e. The van der Waals surface area contributed by atoms with Gasteiger partial charge in [-0.3, -0.25) is 4.79 Å². The van der Waals surface area contributed by atoms with Crippen molar-refractivity contribution in [2.45, 2.75) is 0 Å². The third kappa shape index (κ3) is 1.93. The summed E-state index contributed by atoms with van der Waals surface area (Å²) < 4.78 is 5.85. The first-order chi connectivity index (χ1) is 10.7. The lowest BCUT2D eigenvalue weighted by molar-refractivity contribution is 0.0996. The molecule has 108 valence electrons. The van der Waals surface area contributed by atoms with E-state index in [2.05, 4.69) is 9.97 Å². The van der Waals surface area contributed by atoms with Crippen LogP contribution in [0.1, 0.15) is 10.5 Å². The third-order valence-electron chi connectivity index (χ3n) is 3.43. The van der Waals surface area contributed by atoms with Crippen molar-refractivity contribution in [1.82, 2.24) is 9.97 Å². The second-order valence-electron chi connectivity index (χ2n) is 4.79. The number of thiophene rings is 1. The summed E-state index contributed by atoms with van der Waals surface area (Å²) in [6.45, 7) is 0. The van der Waals surface area contributed by atoms with Crippen LogP contribution in [0.2, 0.25) is 0 Å². The van der Waals surface area contributed by atoms with E-state index in [-0.39, 0.29) is 5.69 Å². The van der Waals surface area contributed by atoms with Crippen molar-refractivity contribution < 1.29 is 9.21 Å². The van der Waals surface area contributed by atoms with Gasteiger partial charge in [-0.05, 0) is 17.5 Å². The second kappa shape index (κ2) is 4.85. The highest BCUT2D eigenvalue weighted by atomic mass is 32.1. The number of primary amides is 1. The monoisotopic (exact) mass is 309 g/mol. The van der Waals surface area contributed by atoms with Gasteiger partial charge in [0, 0.05) is 17.1 Å². The van der Waals surface area contributed by atoms with Gasteiger partial charge in [-0.15, -0.1) is 11.3 Å². The number of carbonyl (C=O) groups is 1. The number of H-pyrrole nitrogens is 1. The molecule has 1 amide bonds. The fourth-order valence-electron chi connectivity index (χ4n) is 2.43. The topological polar surface area (TPSA) is 84.9 Å². The highest BCUT2D eigenvalue weighted by molar-refractivity contribution is 7.13. The highest BCUT2D eigenvalue weighted by Gasteiger charge is 2.22. The summed E-state index contributed by atoms with van der Waals surface area (Å²) in [4.78, 5) is 20.0. The molecule has 0 atom stereocenters. The summed E-state index contributed by atoms with van der Waals surface area (Å²) in [5.41, 5.74) is 7.38. The van der Waals surface area contributed by atoms with E-state index in [9.17, 15) is 4.79 Å². The molecule has 0 unspecified atom stereocenters. The molecule has 0 fully saturated rings. The number of nitrogens with one attached hydrogen (secondary N) is 1. The number of oxazole rings is 1. The van der Waals surface area contributed by atoms with Gasteiger partial charge in [-0.25, -0.2) is 4.98 Å². The first-order valence-electron chi connectivity index (χ1n) is 6.65. The molecule has 3 heterocycles. The van der Waals surface area contributed by atoms with Crippen molar-refractivity contribution >= 4 is 28.1 Å². The second-order valence-corrected chi connectivity index (χ2v) is 5.73. The van der Waals surface area contributed by atoms with E-state index in [1.807, 2.05) is 48.0 Å². The van der Waals surface area contributed by atoms with Crippen molar-refractivity contribution in [2.24, 2.45) is 5.73 Å². The van der Waals surface area contributed by atoms with E-state index in [0.29, 0.717) is 11.7 Å². The lowest BCUT2D eigenvalue weighted by Gasteiger charge is -1.93. The minimum absolute atomic E-state index is 0.155. The minimum Gasteiger partial charge on any atom is -0.434 e. The average Bonchev–Trinajstić information content (AvgIpc) is 3.24. The lowest BCUT2D eigenvalue weighted by atomic mass is 10.2. The van der Waals surface area contributed by atoms with Gasteiger partial charge >= 0.3 is 0 Å². The predicted molar refractivity (Wildman–Crippen MR) is 85.6 cm³/mol. The van der Waals surface area contributed by atoms with E-state index in [1.54, 1.807) is 0 Å². The summed E-state index contributed by atoms with van der Waals surface area (Å²) >= 11 is 1.47. The molecule has 0 aliphatic heterocycles. The van der Waals surface area contributed by atoms with Crippen LogP contribution in [-0.4, -0.2) is 15.9 Å². The Balaban J connectivity index is 1.93. The maximum atomic E-state index is 11.7. The SMILES string of the molecule is NC(=O)c1nc(-c2c[nH]c3ccccc23)oc1-c1cccs1. The number of hydrogen-bond donors (Lipinski definition) is 2. The van der Waals surface area contributed by atoms with Crippen molar-refractivity contribution in [1.29, 1.82) is 0 Å². The van der Waals surface area contributed by atoms with E-state index < -0.39 is 5.91 Å². The lowest BCUT2D eigenvalue weighted by Crippen LogP contribution is -2.12. The smallest absolute Gasteiger partial charge is 0.271 e. The molecule has 0 saturated carbocycles. The molecule has 0 radical (unpaired) electrons. The average molecular weight is 309 g/mol. The zero-order chi connectivity index (χ0) is 15.1. The van der Waals surface area contributed by atoms with E-state index in [1.165, 1.54) is 11.3 Å². The summed E-state index contributed by atoms with van der Waals surface area (Å²) in [7, 11) is 0. The Kier molecular flexibility index (Phi) is 2.83. The first-order valence-corrected chi connectivity index (χ1v) is 7.53. The van der Waals surface area contributed by atoms with Gasteiger partial charge in [0.05, 0.1) is 10.4 Å². The summed E-state index contributed by atoms with van der Waals surface area (Å²) in [6, 6.07) is 11.6. The van der Waals surface area contributed by atoms with Crippen molar-refractivity contribution in [3.8, 4) is 22.1 Å². The Hall–Kier alpha value is -2.86. The number of nitrogens with zero attached hydrogens (tertiary/aromatic N) is 1. The molecule has 4 aromatic rings. The number of nitrogens with two attached hydrogens (primary N) is 1. The van der Waals surface area contributed by atoms with Gasteiger partial charge in [-0.1, -0.05) is 24.3 Å². The molecule has 3 aromatic heterocycles. The molecular formula is C16H11N3O2S. The number of aromatic amines is 1. The first kappa shape index (κ1) is 12.8. The van der Waals surface area contributed by atoms with E-state index in [0.717, 1.165) is 21.3 Å². The normalized spacial score (nSPS) is 11.1. The predicted octanol–water partition coefficient (Wildman–Crippen LogP) is 3.65. The Bertz CT molecular complexity index is 967. The molecule has 6 heteroatoms. The van der Waals surface area contributed by atoms with Crippen LogP contribution in [0, 0.1) is 0 Å². The molecule has 0 aliphatic carbocycles. The number of rotatable bonds is 3. The number of amides is 1. The van der Waals surface area contributed by atoms with Crippen LogP contribution in [0.25, 0.3) is 33.0 Å². The van der Waals surface area contributed by atoms with Crippen molar-refractivity contribution in [3.63, 3.8) is 0 Å². The maximum Gasteiger partial charge on any atom is 0.271 e. The molecule has 0 aliphatic rings. The molecular weight excluding hydrogens is 298 g/mol. The van der Waals surface area contributed by atoms with Gasteiger partial charge < -0.3 is 15.1 Å². The summed E-state index contributed by atoms with van der Waals surface area (Å²) in [5.74, 6) is 0.204. The highest BCUT2D eigenvalue weighted by Crippen LogP contribution is 2.34. The molecule has 3 N–H and O–H groups in total. The summed E-state index contributed by atoms with van der Waals surface area (Å²) in [6.07, 6.45) is 1.82. The molecule has 5 nitrogen and oxygen atoms in total. The fourth-order valence-corrected chi connectivity index (χ4v) is 3.13. The van der Waals surface area contributed by atoms with Crippen LogP contribution in [0.15, 0.2) is 52.4 Å². The van der Waals surface area contributed by atoms with E-state index in [4.69, 9.17) is 10.2 Å². The number of carbonyl (C=O) groups excluding carboxylic acids is 1. The number of aromatic nitrogens is 2. The third-order valence-corrected chi connectivity index (χ3v) is 4.29. The van der Waals surface area contributed by atoms with E-state index >= 15 is 0 Å². The Morgan fingerprint density at radius 1 is 1.23 bits per heavy atom.